The zero-order chi connectivity index (χ0) is 19.8. The minimum absolute atomic E-state index is 0.102. The van der Waals surface area contributed by atoms with E-state index in [2.05, 4.69) is 35.3 Å². The van der Waals surface area contributed by atoms with Crippen LogP contribution in [0.15, 0.2) is 36.4 Å². The standard InChI is InChI=1S/C24H31ClN2O/c1-2-4-18-8-12-21(13-9-18)24(28)17-22-14-15-23(27-26-22)20-10-6-19(7-11-20)5-3-16-25/h8-9,12-15,19-20H,2-7,10-11,16-17H2,1H3/t19-,20-. The first-order valence-electron chi connectivity index (χ1n) is 10.7. The van der Waals surface area contributed by atoms with Crippen molar-refractivity contribution in [2.24, 2.45) is 5.92 Å². The lowest BCUT2D eigenvalue weighted by Gasteiger charge is -2.27. The summed E-state index contributed by atoms with van der Waals surface area (Å²) >= 11 is 5.81. The van der Waals surface area contributed by atoms with Crippen molar-refractivity contribution in [3.05, 3.63) is 58.9 Å². The van der Waals surface area contributed by atoms with Crippen LogP contribution in [-0.4, -0.2) is 21.9 Å². The summed E-state index contributed by atoms with van der Waals surface area (Å²) in [6.45, 7) is 2.16. The minimum Gasteiger partial charge on any atom is -0.294 e. The van der Waals surface area contributed by atoms with Gasteiger partial charge in [0, 0.05) is 17.4 Å². The van der Waals surface area contributed by atoms with Crippen LogP contribution in [0, 0.1) is 5.92 Å². The Bertz CT molecular complexity index is 734. The summed E-state index contributed by atoms with van der Waals surface area (Å²) in [5.74, 6) is 2.21. The van der Waals surface area contributed by atoms with Crippen LogP contribution in [-0.2, 0) is 12.8 Å². The van der Waals surface area contributed by atoms with Crippen LogP contribution in [0.3, 0.4) is 0 Å². The highest BCUT2D eigenvalue weighted by Gasteiger charge is 2.23. The van der Waals surface area contributed by atoms with Gasteiger partial charge < -0.3 is 0 Å². The predicted octanol–water partition coefficient (Wildman–Crippen LogP) is 6.15. The molecule has 0 saturated heterocycles. The Balaban J connectivity index is 1.52. The first-order chi connectivity index (χ1) is 13.7. The molecule has 150 valence electrons. The molecule has 1 aromatic heterocycles. The average molecular weight is 399 g/mol. The third kappa shape index (κ3) is 5.88. The van der Waals surface area contributed by atoms with E-state index in [9.17, 15) is 4.79 Å². The molecule has 0 atom stereocenters. The third-order valence-electron chi connectivity index (χ3n) is 5.91. The van der Waals surface area contributed by atoms with Crippen LogP contribution < -0.4 is 0 Å². The Hall–Kier alpha value is -1.74. The average Bonchev–Trinajstić information content (AvgIpc) is 2.74. The second kappa shape index (κ2) is 10.7. The molecule has 28 heavy (non-hydrogen) atoms. The summed E-state index contributed by atoms with van der Waals surface area (Å²) in [5, 5.41) is 8.80. The van der Waals surface area contributed by atoms with Crippen molar-refractivity contribution < 1.29 is 4.79 Å². The van der Waals surface area contributed by atoms with Crippen molar-refractivity contribution in [1.82, 2.24) is 10.2 Å². The van der Waals surface area contributed by atoms with Crippen LogP contribution >= 0.6 is 11.6 Å². The number of carbonyl (C=O) groups excluding carboxylic acids is 1. The smallest absolute Gasteiger partial charge is 0.168 e. The Labute approximate surface area is 173 Å². The fourth-order valence-corrected chi connectivity index (χ4v) is 4.36. The van der Waals surface area contributed by atoms with Gasteiger partial charge in [0.2, 0.25) is 0 Å². The van der Waals surface area contributed by atoms with Gasteiger partial charge in [0.25, 0.3) is 0 Å². The molecule has 4 heteroatoms. The van der Waals surface area contributed by atoms with Gasteiger partial charge in [-0.1, -0.05) is 37.6 Å². The molecule has 0 radical (unpaired) electrons. The number of nitrogens with zero attached hydrogens (tertiary/aromatic N) is 2. The highest BCUT2D eigenvalue weighted by molar-refractivity contribution is 6.17. The molecule has 3 nitrogen and oxygen atoms in total. The molecule has 2 aromatic rings. The fraction of sp³-hybridized carbons (Fsp3) is 0.542. The summed E-state index contributed by atoms with van der Waals surface area (Å²) in [7, 11) is 0. The maximum Gasteiger partial charge on any atom is 0.168 e. The lowest BCUT2D eigenvalue weighted by molar-refractivity contribution is 0.0991. The van der Waals surface area contributed by atoms with Crippen molar-refractivity contribution in [3.8, 4) is 0 Å². The third-order valence-corrected chi connectivity index (χ3v) is 6.17. The molecule has 0 unspecified atom stereocenters. The number of carbonyl (C=O) groups is 1. The largest absolute Gasteiger partial charge is 0.294 e. The lowest BCUT2D eigenvalue weighted by Crippen LogP contribution is -2.15. The van der Waals surface area contributed by atoms with Crippen molar-refractivity contribution in [1.29, 1.82) is 0 Å². The van der Waals surface area contributed by atoms with E-state index in [1.165, 1.54) is 37.7 Å². The molecule has 1 saturated carbocycles. The summed E-state index contributed by atoms with van der Waals surface area (Å²) in [5.41, 5.74) is 3.86. The quantitative estimate of drug-likeness (QED) is 0.376. The summed E-state index contributed by atoms with van der Waals surface area (Å²) in [4.78, 5) is 12.5. The number of alkyl halides is 1. The van der Waals surface area contributed by atoms with E-state index in [1.807, 2.05) is 18.2 Å². The SMILES string of the molecule is CCCc1ccc(C(=O)Cc2ccc([C@H]3CC[C@H](CCCCl)CC3)nn2)cc1. The molecule has 0 bridgehead atoms. The maximum atomic E-state index is 12.5. The lowest BCUT2D eigenvalue weighted by atomic mass is 9.79. The Morgan fingerprint density at radius 1 is 1.04 bits per heavy atom. The number of rotatable bonds is 9. The minimum atomic E-state index is 0.102. The van der Waals surface area contributed by atoms with Crippen molar-refractivity contribution in [3.63, 3.8) is 0 Å². The molecule has 0 N–H and O–H groups in total. The molecule has 1 aliphatic rings. The molecule has 0 spiro atoms. The van der Waals surface area contributed by atoms with Gasteiger partial charge in [-0.05, 0) is 68.6 Å². The van der Waals surface area contributed by atoms with Crippen molar-refractivity contribution in [2.45, 2.75) is 70.6 Å². The van der Waals surface area contributed by atoms with Gasteiger partial charge >= 0.3 is 0 Å². The predicted molar refractivity (Wildman–Crippen MR) is 115 cm³/mol. The van der Waals surface area contributed by atoms with Crippen LogP contribution in [0.1, 0.15) is 85.1 Å². The summed E-state index contributed by atoms with van der Waals surface area (Å²) in [6, 6.07) is 12.0. The van der Waals surface area contributed by atoms with Crippen LogP contribution in [0.25, 0.3) is 0 Å². The van der Waals surface area contributed by atoms with Gasteiger partial charge in [-0.15, -0.1) is 11.6 Å². The Morgan fingerprint density at radius 3 is 2.39 bits per heavy atom. The second-order valence-electron chi connectivity index (χ2n) is 8.05. The van der Waals surface area contributed by atoms with E-state index in [0.717, 1.165) is 48.0 Å². The van der Waals surface area contributed by atoms with Gasteiger partial charge in [-0.3, -0.25) is 4.79 Å². The molecular weight excluding hydrogens is 368 g/mol. The molecule has 1 aromatic carbocycles. The fourth-order valence-electron chi connectivity index (χ4n) is 4.21. The van der Waals surface area contributed by atoms with E-state index in [0.29, 0.717) is 12.3 Å². The topological polar surface area (TPSA) is 42.9 Å². The number of hydrogen-bond acceptors (Lipinski definition) is 3. The van der Waals surface area contributed by atoms with E-state index in [4.69, 9.17) is 11.6 Å². The van der Waals surface area contributed by atoms with Gasteiger partial charge in [0.15, 0.2) is 5.78 Å². The zero-order valence-corrected chi connectivity index (χ0v) is 17.6. The van der Waals surface area contributed by atoms with Crippen LogP contribution in [0.4, 0.5) is 0 Å². The Kier molecular flexibility index (Phi) is 8.02. The molecule has 1 heterocycles. The number of ketones is 1. The van der Waals surface area contributed by atoms with Crippen molar-refractivity contribution in [2.75, 3.05) is 5.88 Å². The van der Waals surface area contributed by atoms with Gasteiger partial charge in [0.05, 0.1) is 17.8 Å². The van der Waals surface area contributed by atoms with Gasteiger partial charge in [-0.25, -0.2) is 0 Å². The first kappa shape index (κ1) is 21.0. The number of aromatic nitrogens is 2. The molecule has 0 amide bonds. The number of benzene rings is 1. The highest BCUT2D eigenvalue weighted by atomic mass is 35.5. The van der Waals surface area contributed by atoms with Crippen LogP contribution in [0.2, 0.25) is 0 Å². The zero-order valence-electron chi connectivity index (χ0n) is 16.9. The van der Waals surface area contributed by atoms with E-state index in [1.54, 1.807) is 0 Å². The van der Waals surface area contributed by atoms with Gasteiger partial charge in [0.1, 0.15) is 0 Å². The molecule has 0 aliphatic heterocycles. The monoisotopic (exact) mass is 398 g/mol. The van der Waals surface area contributed by atoms with Crippen LogP contribution in [0.5, 0.6) is 0 Å². The number of halogens is 1. The number of Topliss-reactive ketones (excluding diaryl/α,β-unsaturated/α-hetero) is 1. The highest BCUT2D eigenvalue weighted by Crippen LogP contribution is 2.36. The molecular formula is C24H31ClN2O. The summed E-state index contributed by atoms with van der Waals surface area (Å²) < 4.78 is 0. The van der Waals surface area contributed by atoms with E-state index < -0.39 is 0 Å². The second-order valence-corrected chi connectivity index (χ2v) is 8.42. The van der Waals surface area contributed by atoms with Gasteiger partial charge in [-0.2, -0.15) is 10.2 Å². The van der Waals surface area contributed by atoms with Crippen molar-refractivity contribution >= 4 is 17.4 Å². The first-order valence-corrected chi connectivity index (χ1v) is 11.2. The maximum absolute atomic E-state index is 12.5. The van der Waals surface area contributed by atoms with E-state index >= 15 is 0 Å². The molecule has 1 fully saturated rings. The molecule has 1 aliphatic carbocycles. The Morgan fingerprint density at radius 2 is 1.79 bits per heavy atom. The summed E-state index contributed by atoms with van der Waals surface area (Å²) in [6.07, 6.45) is 9.75. The molecule has 3 rings (SSSR count). The van der Waals surface area contributed by atoms with E-state index in [-0.39, 0.29) is 5.78 Å². The normalized spacial score (nSPS) is 19.5. The number of aryl methyl sites for hydroxylation is 1. The number of hydrogen-bond donors (Lipinski definition) is 0.